The minimum absolute atomic E-state index is 0.134. The highest BCUT2D eigenvalue weighted by atomic mass is 79.9. The molecule has 1 aromatic carbocycles. The van der Waals surface area contributed by atoms with Crippen molar-refractivity contribution in [1.29, 1.82) is 0 Å². The van der Waals surface area contributed by atoms with Crippen molar-refractivity contribution in [3.05, 3.63) is 58.3 Å². The van der Waals surface area contributed by atoms with Crippen LogP contribution in [0.5, 0.6) is 5.75 Å². The second-order valence-electron chi connectivity index (χ2n) is 7.24. The molecule has 2 aromatic rings. The van der Waals surface area contributed by atoms with Crippen LogP contribution in [0.25, 0.3) is 0 Å². The molecule has 2 rings (SSSR count). The van der Waals surface area contributed by atoms with Gasteiger partial charge in [-0.2, -0.15) is 0 Å². The summed E-state index contributed by atoms with van der Waals surface area (Å²) in [6.45, 7) is 11.1. The molecular weight excluding hydrogens is 370 g/mol. The fraction of sp³-hybridized carbons (Fsp3) is 0.389. The van der Waals surface area contributed by atoms with E-state index in [0.717, 1.165) is 15.8 Å². The van der Waals surface area contributed by atoms with Gasteiger partial charge in [0.25, 0.3) is 0 Å². The van der Waals surface area contributed by atoms with E-state index in [1.165, 1.54) is 0 Å². The summed E-state index contributed by atoms with van der Waals surface area (Å²) in [5, 5.41) is 10.7. The molecule has 0 aliphatic rings. The summed E-state index contributed by atoms with van der Waals surface area (Å²) in [5.41, 5.74) is 1.41. The number of pyridine rings is 1. The molecule has 0 fully saturated rings. The van der Waals surface area contributed by atoms with Crippen LogP contribution in [-0.4, -0.2) is 18.4 Å². The smallest absolute Gasteiger partial charge is 0.250 e. The predicted molar refractivity (Wildman–Crippen MR) is 100 cm³/mol. The highest BCUT2D eigenvalue weighted by Gasteiger charge is 2.39. The number of rotatable bonds is 4. The Morgan fingerprint density at radius 3 is 2.43 bits per heavy atom. The van der Waals surface area contributed by atoms with Crippen LogP contribution >= 0.6 is 15.9 Å². The molecule has 0 spiro atoms. The lowest BCUT2D eigenvalue weighted by Gasteiger charge is -2.36. The Bertz CT molecular complexity index is 665. The Balaban J connectivity index is 2.24. The first-order chi connectivity index (χ1) is 10.6. The Morgan fingerprint density at radius 2 is 1.87 bits per heavy atom. The number of halogens is 1. The summed E-state index contributed by atoms with van der Waals surface area (Å²) in [6, 6.07) is 11.4. The normalized spacial score (nSPS) is 13.7. The lowest BCUT2D eigenvalue weighted by molar-refractivity contribution is 0.215. The first-order valence-electron chi connectivity index (χ1n) is 7.69. The third kappa shape index (κ3) is 4.43. The van der Waals surface area contributed by atoms with Crippen molar-refractivity contribution >= 4 is 24.2 Å². The van der Waals surface area contributed by atoms with Crippen LogP contribution in [0.15, 0.2) is 47.1 Å². The molecule has 1 aromatic heterocycles. The summed E-state index contributed by atoms with van der Waals surface area (Å²) in [6.07, 6.45) is 0.931. The number of aromatic nitrogens is 1. The fourth-order valence-corrected chi connectivity index (χ4v) is 3.17. The molecule has 0 amide bonds. The monoisotopic (exact) mass is 393 g/mol. The van der Waals surface area contributed by atoms with Crippen molar-refractivity contribution in [2.75, 3.05) is 0 Å². The van der Waals surface area contributed by atoms with E-state index >= 15 is 0 Å². The zero-order chi connectivity index (χ0) is 17.3. The van der Waals surface area contributed by atoms with Gasteiger partial charge in [-0.15, -0.1) is 0 Å². The second-order valence-corrected chi connectivity index (χ2v) is 12.9. The molecule has 0 saturated carbocycles. The van der Waals surface area contributed by atoms with Crippen molar-refractivity contribution in [3.8, 4) is 5.75 Å². The fourth-order valence-electron chi connectivity index (χ4n) is 1.92. The molecule has 1 heterocycles. The first-order valence-corrected chi connectivity index (χ1v) is 11.4. The maximum atomic E-state index is 10.5. The number of aliphatic hydroxyl groups is 1. The van der Waals surface area contributed by atoms with Gasteiger partial charge in [0, 0.05) is 10.7 Å². The molecule has 1 N–H and O–H groups in total. The third-order valence-corrected chi connectivity index (χ3v) is 9.21. The van der Waals surface area contributed by atoms with Gasteiger partial charge >= 0.3 is 0 Å². The molecule has 5 heteroatoms. The van der Waals surface area contributed by atoms with Gasteiger partial charge in [0.2, 0.25) is 8.32 Å². The Kier molecular flexibility index (Phi) is 5.33. The molecule has 124 valence electrons. The highest BCUT2D eigenvalue weighted by molar-refractivity contribution is 9.10. The lowest BCUT2D eigenvalue weighted by Crippen LogP contribution is -2.43. The molecule has 23 heavy (non-hydrogen) atoms. The quantitative estimate of drug-likeness (QED) is 0.715. The molecule has 0 aliphatic heterocycles. The van der Waals surface area contributed by atoms with E-state index < -0.39 is 14.4 Å². The summed E-state index contributed by atoms with van der Waals surface area (Å²) in [7, 11) is -1.89. The van der Waals surface area contributed by atoms with Crippen LogP contribution in [0.1, 0.15) is 38.1 Å². The molecular formula is C18H24BrNO2Si. The number of hydrogen-bond acceptors (Lipinski definition) is 3. The Morgan fingerprint density at radius 1 is 1.17 bits per heavy atom. The van der Waals surface area contributed by atoms with Crippen molar-refractivity contribution in [3.63, 3.8) is 0 Å². The SMILES string of the molecule is CC(C)(C)[Si](C)(C)Oc1cccc(C(O)c2ccc(Br)cn2)c1. The third-order valence-electron chi connectivity index (χ3n) is 4.38. The second kappa shape index (κ2) is 6.75. The highest BCUT2D eigenvalue weighted by Crippen LogP contribution is 2.37. The van der Waals surface area contributed by atoms with Crippen LogP contribution < -0.4 is 4.43 Å². The average molecular weight is 394 g/mol. The van der Waals surface area contributed by atoms with E-state index in [2.05, 4.69) is 54.8 Å². The van der Waals surface area contributed by atoms with Gasteiger partial charge in [0.05, 0.1) is 5.69 Å². The minimum atomic E-state index is -1.89. The Hall–Kier alpha value is -1.17. The maximum Gasteiger partial charge on any atom is 0.250 e. The zero-order valence-electron chi connectivity index (χ0n) is 14.3. The number of benzene rings is 1. The number of nitrogens with zero attached hydrogens (tertiary/aromatic N) is 1. The van der Waals surface area contributed by atoms with Gasteiger partial charge < -0.3 is 9.53 Å². The molecule has 3 nitrogen and oxygen atoms in total. The molecule has 0 bridgehead atoms. The van der Waals surface area contributed by atoms with Crippen LogP contribution in [-0.2, 0) is 0 Å². The van der Waals surface area contributed by atoms with Crippen LogP contribution in [0, 0.1) is 0 Å². The van der Waals surface area contributed by atoms with Crippen molar-refractivity contribution in [2.24, 2.45) is 0 Å². The maximum absolute atomic E-state index is 10.5. The summed E-state index contributed by atoms with van der Waals surface area (Å²) >= 11 is 3.35. The lowest BCUT2D eigenvalue weighted by atomic mass is 10.1. The van der Waals surface area contributed by atoms with Gasteiger partial charge in [-0.05, 0) is 63.9 Å². The Labute approximate surface area is 148 Å². The van der Waals surface area contributed by atoms with E-state index in [9.17, 15) is 5.11 Å². The first kappa shape index (κ1) is 18.2. The molecule has 0 aliphatic carbocycles. The minimum Gasteiger partial charge on any atom is -0.543 e. The largest absolute Gasteiger partial charge is 0.543 e. The van der Waals surface area contributed by atoms with E-state index in [1.807, 2.05) is 36.4 Å². The van der Waals surface area contributed by atoms with Crippen molar-refractivity contribution in [1.82, 2.24) is 4.98 Å². The van der Waals surface area contributed by atoms with E-state index in [0.29, 0.717) is 5.69 Å². The van der Waals surface area contributed by atoms with Crippen molar-refractivity contribution in [2.45, 2.75) is 45.0 Å². The molecule has 1 unspecified atom stereocenters. The summed E-state index contributed by atoms with van der Waals surface area (Å²) in [5.74, 6) is 0.810. The number of aliphatic hydroxyl groups excluding tert-OH is 1. The summed E-state index contributed by atoms with van der Waals surface area (Å²) < 4.78 is 7.20. The molecule has 0 radical (unpaired) electrons. The van der Waals surface area contributed by atoms with E-state index in [1.54, 1.807) is 6.20 Å². The predicted octanol–water partition coefficient (Wildman–Crippen LogP) is 5.31. The zero-order valence-corrected chi connectivity index (χ0v) is 16.9. The topological polar surface area (TPSA) is 42.4 Å². The van der Waals surface area contributed by atoms with Gasteiger partial charge in [-0.1, -0.05) is 32.9 Å². The molecule has 1 atom stereocenters. The van der Waals surface area contributed by atoms with Gasteiger partial charge in [0.1, 0.15) is 11.9 Å². The van der Waals surface area contributed by atoms with E-state index in [-0.39, 0.29) is 5.04 Å². The standard InChI is InChI=1S/C18H24BrNO2Si/c1-18(2,3)23(4,5)22-15-8-6-7-13(11-15)17(21)16-10-9-14(19)12-20-16/h6-12,17,21H,1-5H3. The van der Waals surface area contributed by atoms with Gasteiger partial charge in [0.15, 0.2) is 0 Å². The van der Waals surface area contributed by atoms with Crippen molar-refractivity contribution < 1.29 is 9.53 Å². The van der Waals surface area contributed by atoms with Crippen LogP contribution in [0.2, 0.25) is 18.1 Å². The van der Waals surface area contributed by atoms with Crippen LogP contribution in [0.3, 0.4) is 0 Å². The van der Waals surface area contributed by atoms with Gasteiger partial charge in [-0.25, -0.2) is 0 Å². The van der Waals surface area contributed by atoms with E-state index in [4.69, 9.17) is 4.43 Å². The summed E-state index contributed by atoms with van der Waals surface area (Å²) in [4.78, 5) is 4.27. The average Bonchev–Trinajstić information content (AvgIpc) is 2.46. The van der Waals surface area contributed by atoms with Crippen LogP contribution in [0.4, 0.5) is 0 Å². The number of hydrogen-bond donors (Lipinski definition) is 1. The van der Waals surface area contributed by atoms with Gasteiger partial charge in [-0.3, -0.25) is 4.98 Å². The molecule has 0 saturated heterocycles.